The summed E-state index contributed by atoms with van der Waals surface area (Å²) < 4.78 is 0. The van der Waals surface area contributed by atoms with E-state index in [1.807, 2.05) is 0 Å². The fourth-order valence-corrected chi connectivity index (χ4v) is 18.8. The molecule has 0 aromatic heterocycles. The fraction of sp³-hybridized carbons (Fsp3) is 0.0392. The first-order valence-corrected chi connectivity index (χ1v) is 36.4. The van der Waals surface area contributed by atoms with E-state index in [9.17, 15) is 0 Å². The second-order valence-corrected chi connectivity index (χ2v) is 27.9. The van der Waals surface area contributed by atoms with Crippen molar-refractivity contribution < 1.29 is 0 Å². The molecule has 4 atom stereocenters. The second kappa shape index (κ2) is 24.9. The number of benzene rings is 16. The minimum Gasteiger partial charge on any atom is -0.312 e. The van der Waals surface area contributed by atoms with Gasteiger partial charge in [0.15, 0.2) is 0 Å². The Morgan fingerprint density at radius 2 is 0.587 bits per heavy atom. The van der Waals surface area contributed by atoms with E-state index in [4.69, 9.17) is 0 Å². The second-order valence-electron chi connectivity index (χ2n) is 27.9. The molecule has 2 nitrogen and oxygen atoms in total. The number of anilines is 5. The van der Waals surface area contributed by atoms with Crippen LogP contribution < -0.4 is 9.80 Å². The van der Waals surface area contributed by atoms with Gasteiger partial charge < -0.3 is 9.80 Å². The van der Waals surface area contributed by atoms with E-state index in [2.05, 4.69) is 422 Å². The number of hydrogen-bond donors (Lipinski definition) is 0. The molecule has 0 amide bonds. The highest BCUT2D eigenvalue weighted by molar-refractivity contribution is 6.18. The van der Waals surface area contributed by atoms with Crippen molar-refractivity contribution in [2.24, 2.45) is 11.8 Å². The molecule has 104 heavy (non-hydrogen) atoms. The third kappa shape index (κ3) is 9.15. The zero-order valence-electron chi connectivity index (χ0n) is 57.3. The number of para-hydroxylation sites is 4. The summed E-state index contributed by atoms with van der Waals surface area (Å²) in [4.78, 5) is 5.29. The van der Waals surface area contributed by atoms with Crippen LogP contribution in [0.1, 0.15) is 33.4 Å². The van der Waals surface area contributed by atoms with Crippen LogP contribution in [0.4, 0.5) is 28.4 Å². The molecule has 0 saturated heterocycles. The summed E-state index contributed by atoms with van der Waals surface area (Å²) in [7, 11) is 0. The first kappa shape index (κ1) is 60.8. The van der Waals surface area contributed by atoms with Gasteiger partial charge >= 0.3 is 0 Å². The molecule has 0 saturated carbocycles. The van der Waals surface area contributed by atoms with Crippen molar-refractivity contribution in [3.63, 3.8) is 0 Å². The predicted octanol–water partition coefficient (Wildman–Crippen LogP) is 26.4. The first-order valence-electron chi connectivity index (χ1n) is 36.4. The molecule has 0 radical (unpaired) electrons. The van der Waals surface area contributed by atoms with E-state index in [-0.39, 0.29) is 11.8 Å². The van der Waals surface area contributed by atoms with Gasteiger partial charge in [-0.2, -0.15) is 0 Å². The minimum absolute atomic E-state index is 0.122. The summed E-state index contributed by atoms with van der Waals surface area (Å²) in [5.41, 5.74) is 26.3. The molecule has 16 aromatic rings. The van der Waals surface area contributed by atoms with Crippen molar-refractivity contribution in [2.75, 3.05) is 9.80 Å². The summed E-state index contributed by atoms with van der Waals surface area (Å²) >= 11 is 0. The van der Waals surface area contributed by atoms with Crippen molar-refractivity contribution >= 4 is 66.3 Å². The molecule has 0 spiro atoms. The lowest BCUT2D eigenvalue weighted by Gasteiger charge is -2.52. The van der Waals surface area contributed by atoms with Gasteiger partial charge in [-0.15, -0.1) is 0 Å². The Labute approximate surface area is 607 Å². The molecule has 4 aliphatic carbocycles. The highest BCUT2D eigenvalue weighted by Crippen LogP contribution is 2.74. The maximum atomic E-state index is 2.73. The molecule has 2 heteroatoms. The highest BCUT2D eigenvalue weighted by Gasteiger charge is 2.67. The fourth-order valence-electron chi connectivity index (χ4n) is 18.8. The van der Waals surface area contributed by atoms with Crippen LogP contribution in [-0.2, 0) is 10.8 Å². The summed E-state index contributed by atoms with van der Waals surface area (Å²) in [6.07, 6.45) is 12.4. The molecule has 20 rings (SSSR count). The molecule has 0 fully saturated rings. The molecule has 4 aliphatic rings. The van der Waals surface area contributed by atoms with E-state index in [0.717, 1.165) is 78.3 Å². The standard InChI is InChI=1S/C102H70N2/c1-7-35-69(36-8-1)77-49-27-31-59-91(77)103(92-60-32-28-50-78(92)70-37-9-2-10-38-70)95-67-89-99(85-57-25-23-55-83(85)95)97-81-53-21-19-43-73(81)63-65-87(97)101(89,75-45-15-5-16-46-75)102(76-47-17-6-18-48-76)88-66-64-74-44-20-22-54-82(74)98(88)100-86-58-26-24-56-84(86)96(68-90(100)102)104(93-61-33-29-51-79(93)71-39-11-3-12-40-71)94-62-34-30-52-80(94)72-41-13-4-14-42-72/h1-68,83,85H. The van der Waals surface area contributed by atoms with Crippen LogP contribution in [0.2, 0.25) is 0 Å². The SMILES string of the molecule is C1=CC2C(N(c3ccccc3-c3ccccc3)c3ccccc3-c3ccccc3)=CC3=C(c4c(ccc5ccccc45)C3(c3ccccc3)C3(c4ccccc4)c4ccc5ccccc5c4-c4c3cc(N(c3ccccc3-c3ccccc3)c3ccccc3-c3ccccc3)c3ccccc43)C2C=C1. The third-order valence-electron chi connectivity index (χ3n) is 22.8. The van der Waals surface area contributed by atoms with Crippen LogP contribution in [-0.4, -0.2) is 0 Å². The Balaban J connectivity index is 1.00. The molecule has 0 N–H and O–H groups in total. The average molecular weight is 1320 g/mol. The number of hydrogen-bond acceptors (Lipinski definition) is 2. The lowest BCUT2D eigenvalue weighted by atomic mass is 9.48. The van der Waals surface area contributed by atoms with E-state index >= 15 is 0 Å². The van der Waals surface area contributed by atoms with Crippen LogP contribution in [0.15, 0.2) is 424 Å². The van der Waals surface area contributed by atoms with E-state index in [1.165, 1.54) is 88.3 Å². The molecule has 0 bridgehead atoms. The maximum Gasteiger partial charge on any atom is 0.0642 e. The monoisotopic (exact) mass is 1320 g/mol. The van der Waals surface area contributed by atoms with Crippen LogP contribution in [0.5, 0.6) is 0 Å². The Morgan fingerprint density at radius 1 is 0.240 bits per heavy atom. The van der Waals surface area contributed by atoms with Gasteiger partial charge in [0.25, 0.3) is 0 Å². The van der Waals surface area contributed by atoms with Gasteiger partial charge in [0, 0.05) is 45.2 Å². The topological polar surface area (TPSA) is 6.48 Å². The van der Waals surface area contributed by atoms with Gasteiger partial charge in [-0.3, -0.25) is 0 Å². The van der Waals surface area contributed by atoms with E-state index in [0.29, 0.717) is 0 Å². The third-order valence-corrected chi connectivity index (χ3v) is 22.8. The van der Waals surface area contributed by atoms with Crippen LogP contribution in [0.3, 0.4) is 0 Å². The lowest BCUT2D eigenvalue weighted by Crippen LogP contribution is -2.51. The molecule has 16 aromatic carbocycles. The molecule has 488 valence electrons. The number of rotatable bonds is 13. The van der Waals surface area contributed by atoms with Gasteiger partial charge in [-0.1, -0.05) is 376 Å². The van der Waals surface area contributed by atoms with Gasteiger partial charge in [0.2, 0.25) is 0 Å². The Bertz CT molecular complexity index is 6010. The Kier molecular flexibility index (Phi) is 14.5. The van der Waals surface area contributed by atoms with Crippen molar-refractivity contribution in [1.29, 1.82) is 0 Å². The van der Waals surface area contributed by atoms with Crippen molar-refractivity contribution in [2.45, 2.75) is 10.8 Å². The van der Waals surface area contributed by atoms with Gasteiger partial charge in [0.05, 0.1) is 39.3 Å². The smallest absolute Gasteiger partial charge is 0.0642 e. The normalized spacial score (nSPS) is 17.4. The highest BCUT2D eigenvalue weighted by atomic mass is 15.2. The lowest BCUT2D eigenvalue weighted by molar-refractivity contribution is 0.431. The Morgan fingerprint density at radius 3 is 1.06 bits per heavy atom. The number of fused-ring (bicyclic) bond motifs is 13. The maximum absolute atomic E-state index is 2.73. The summed E-state index contributed by atoms with van der Waals surface area (Å²) in [6, 6.07) is 144. The van der Waals surface area contributed by atoms with Crippen LogP contribution in [0.25, 0.3) is 93.5 Å². The summed E-state index contributed by atoms with van der Waals surface area (Å²) in [5, 5.41) is 7.21. The number of nitrogens with zero attached hydrogens (tertiary/aromatic N) is 2. The molecule has 4 unspecified atom stereocenters. The van der Waals surface area contributed by atoms with Crippen molar-refractivity contribution in [3.05, 3.63) is 457 Å². The minimum atomic E-state index is -1.07. The van der Waals surface area contributed by atoms with Crippen molar-refractivity contribution in [1.82, 2.24) is 0 Å². The quantitative estimate of drug-likeness (QED) is 0.114. The van der Waals surface area contributed by atoms with E-state index in [1.54, 1.807) is 0 Å². The molecular formula is C102H70N2. The zero-order valence-corrected chi connectivity index (χ0v) is 57.3. The summed E-state index contributed by atoms with van der Waals surface area (Å²) in [5.74, 6) is -0.250. The largest absolute Gasteiger partial charge is 0.312 e. The van der Waals surface area contributed by atoms with Gasteiger partial charge in [-0.25, -0.2) is 0 Å². The van der Waals surface area contributed by atoms with Crippen molar-refractivity contribution in [3.8, 4) is 55.6 Å². The predicted molar refractivity (Wildman–Crippen MR) is 436 cm³/mol. The van der Waals surface area contributed by atoms with Crippen LogP contribution in [0, 0.1) is 11.8 Å². The molecule has 0 aliphatic heterocycles. The first-order chi connectivity index (χ1) is 51.7. The van der Waals surface area contributed by atoms with Gasteiger partial charge in [-0.05, 0) is 141 Å². The summed E-state index contributed by atoms with van der Waals surface area (Å²) in [6.45, 7) is 0. The van der Waals surface area contributed by atoms with Crippen LogP contribution >= 0.6 is 0 Å². The molecular weight excluding hydrogens is 1250 g/mol. The Hall–Kier alpha value is -13.1. The van der Waals surface area contributed by atoms with Gasteiger partial charge in [0.1, 0.15) is 0 Å². The number of allylic oxidation sites excluding steroid dienone is 7. The van der Waals surface area contributed by atoms with E-state index < -0.39 is 10.8 Å². The zero-order chi connectivity index (χ0) is 68.7. The average Bonchev–Trinajstić information content (AvgIpc) is 1.46. The molecule has 0 heterocycles.